The van der Waals surface area contributed by atoms with Gasteiger partial charge in [-0.15, -0.1) is 0 Å². The summed E-state index contributed by atoms with van der Waals surface area (Å²) in [6.07, 6.45) is 3.74. The van der Waals surface area contributed by atoms with E-state index in [0.29, 0.717) is 30.7 Å². The molecule has 3 heterocycles. The number of carbonyl (C=O) groups excluding carboxylic acids is 1. The summed E-state index contributed by atoms with van der Waals surface area (Å²) in [6.45, 7) is 1.51. The second-order valence-electron chi connectivity index (χ2n) is 5.31. The smallest absolute Gasteiger partial charge is 0.236 e. The summed E-state index contributed by atoms with van der Waals surface area (Å²) in [4.78, 5) is 20.3. The highest BCUT2D eigenvalue weighted by atomic mass is 16.2. The average Bonchev–Trinajstić information content (AvgIpc) is 2.76. The van der Waals surface area contributed by atoms with Crippen molar-refractivity contribution in [2.75, 3.05) is 24.5 Å². The summed E-state index contributed by atoms with van der Waals surface area (Å²) >= 11 is 0. The third-order valence-electron chi connectivity index (χ3n) is 4.15. The molecule has 0 spiro atoms. The van der Waals surface area contributed by atoms with Crippen LogP contribution in [-0.2, 0) is 4.79 Å². The molecule has 0 aliphatic carbocycles. The zero-order valence-electron chi connectivity index (χ0n) is 11.2. The molecule has 2 aliphatic rings. The summed E-state index contributed by atoms with van der Waals surface area (Å²) < 4.78 is 0. The van der Waals surface area contributed by atoms with Gasteiger partial charge in [0.05, 0.1) is 12.1 Å². The molecule has 2 aliphatic heterocycles. The molecule has 1 aromatic rings. The SMILES string of the molecule is N#Cc1ccc(N2C3CCC2CN(C(=O)CN)C3)nc1. The fraction of sp³-hybridized carbons (Fsp3) is 0.500. The monoisotopic (exact) mass is 271 g/mol. The van der Waals surface area contributed by atoms with Crippen LogP contribution in [0, 0.1) is 11.3 Å². The molecule has 2 N–H and O–H groups in total. The van der Waals surface area contributed by atoms with Gasteiger partial charge >= 0.3 is 0 Å². The van der Waals surface area contributed by atoms with E-state index < -0.39 is 0 Å². The fourth-order valence-electron chi connectivity index (χ4n) is 3.21. The molecule has 2 saturated heterocycles. The van der Waals surface area contributed by atoms with Crippen LogP contribution in [0.15, 0.2) is 18.3 Å². The Bertz CT molecular complexity index is 536. The Hall–Kier alpha value is -2.13. The number of hydrogen-bond acceptors (Lipinski definition) is 5. The van der Waals surface area contributed by atoms with Gasteiger partial charge in [-0.2, -0.15) is 5.26 Å². The minimum atomic E-state index is 0.0225. The van der Waals surface area contributed by atoms with Crippen LogP contribution in [0.3, 0.4) is 0 Å². The Balaban J connectivity index is 1.80. The van der Waals surface area contributed by atoms with E-state index in [1.165, 1.54) is 0 Å². The number of likely N-dealkylation sites (tertiary alicyclic amines) is 1. The van der Waals surface area contributed by atoms with Crippen LogP contribution in [0.4, 0.5) is 5.82 Å². The number of pyridine rings is 1. The van der Waals surface area contributed by atoms with Crippen LogP contribution in [0.25, 0.3) is 0 Å². The van der Waals surface area contributed by atoms with Crippen molar-refractivity contribution >= 4 is 11.7 Å². The summed E-state index contributed by atoms with van der Waals surface area (Å²) in [6, 6.07) is 6.38. The molecule has 2 unspecified atom stereocenters. The van der Waals surface area contributed by atoms with Crippen LogP contribution in [-0.4, -0.2) is 47.5 Å². The lowest BCUT2D eigenvalue weighted by Crippen LogP contribution is -2.56. The molecule has 0 saturated carbocycles. The first kappa shape index (κ1) is 12.9. The van der Waals surface area contributed by atoms with Crippen LogP contribution in [0.5, 0.6) is 0 Å². The number of rotatable bonds is 2. The minimum absolute atomic E-state index is 0.0225. The molecule has 6 nitrogen and oxygen atoms in total. The third-order valence-corrected chi connectivity index (χ3v) is 4.15. The van der Waals surface area contributed by atoms with Crippen molar-refractivity contribution in [3.63, 3.8) is 0 Å². The van der Waals surface area contributed by atoms with Gasteiger partial charge in [-0.25, -0.2) is 4.98 Å². The Morgan fingerprint density at radius 1 is 1.40 bits per heavy atom. The number of nitrogens with two attached hydrogens (primary N) is 1. The molecular formula is C14H17N5O. The summed E-state index contributed by atoms with van der Waals surface area (Å²) in [5, 5.41) is 8.82. The van der Waals surface area contributed by atoms with Gasteiger partial charge in [0.15, 0.2) is 0 Å². The minimum Gasteiger partial charge on any atom is -0.347 e. The number of carbonyl (C=O) groups is 1. The van der Waals surface area contributed by atoms with E-state index in [1.54, 1.807) is 12.3 Å². The van der Waals surface area contributed by atoms with Crippen molar-refractivity contribution < 1.29 is 4.79 Å². The Morgan fingerprint density at radius 3 is 2.60 bits per heavy atom. The van der Waals surface area contributed by atoms with Gasteiger partial charge in [-0.3, -0.25) is 4.79 Å². The topological polar surface area (TPSA) is 86.2 Å². The van der Waals surface area contributed by atoms with Gasteiger partial charge < -0.3 is 15.5 Å². The van der Waals surface area contributed by atoms with E-state index in [1.807, 2.05) is 11.0 Å². The zero-order chi connectivity index (χ0) is 14.1. The predicted molar refractivity (Wildman–Crippen MR) is 73.9 cm³/mol. The van der Waals surface area contributed by atoms with Gasteiger partial charge in [-0.1, -0.05) is 0 Å². The van der Waals surface area contributed by atoms with Crippen LogP contribution in [0.1, 0.15) is 18.4 Å². The molecular weight excluding hydrogens is 254 g/mol. The number of nitriles is 1. The van der Waals surface area contributed by atoms with E-state index in [0.717, 1.165) is 18.7 Å². The normalized spacial score (nSPS) is 24.6. The quantitative estimate of drug-likeness (QED) is 0.824. The van der Waals surface area contributed by atoms with Crippen LogP contribution >= 0.6 is 0 Å². The van der Waals surface area contributed by atoms with Crippen molar-refractivity contribution in [3.05, 3.63) is 23.9 Å². The van der Waals surface area contributed by atoms with Gasteiger partial charge in [0.2, 0.25) is 5.91 Å². The lowest BCUT2D eigenvalue weighted by molar-refractivity contribution is -0.130. The molecule has 0 aromatic carbocycles. The average molecular weight is 271 g/mol. The van der Waals surface area contributed by atoms with E-state index in [-0.39, 0.29) is 12.5 Å². The highest BCUT2D eigenvalue weighted by molar-refractivity contribution is 5.78. The first-order valence-corrected chi connectivity index (χ1v) is 6.85. The maximum atomic E-state index is 11.7. The molecule has 3 rings (SSSR count). The molecule has 2 atom stereocenters. The van der Waals surface area contributed by atoms with E-state index >= 15 is 0 Å². The lowest BCUT2D eigenvalue weighted by Gasteiger charge is -2.41. The zero-order valence-corrected chi connectivity index (χ0v) is 11.2. The molecule has 0 radical (unpaired) electrons. The molecule has 1 aromatic heterocycles. The maximum Gasteiger partial charge on any atom is 0.236 e. The van der Waals surface area contributed by atoms with Crippen molar-refractivity contribution in [2.45, 2.75) is 24.9 Å². The van der Waals surface area contributed by atoms with Gasteiger partial charge in [0.25, 0.3) is 0 Å². The molecule has 6 heteroatoms. The summed E-state index contributed by atoms with van der Waals surface area (Å²) in [5.74, 6) is 0.922. The number of aromatic nitrogens is 1. The molecule has 2 bridgehead atoms. The summed E-state index contributed by atoms with van der Waals surface area (Å²) in [5.41, 5.74) is 6.01. The number of nitrogens with zero attached hydrogens (tertiary/aromatic N) is 4. The number of piperazine rings is 1. The van der Waals surface area contributed by atoms with E-state index in [2.05, 4.69) is 16.0 Å². The third kappa shape index (κ3) is 2.10. The van der Waals surface area contributed by atoms with Gasteiger partial charge in [0.1, 0.15) is 11.9 Å². The van der Waals surface area contributed by atoms with Crippen LogP contribution < -0.4 is 10.6 Å². The van der Waals surface area contributed by atoms with Crippen molar-refractivity contribution in [2.24, 2.45) is 5.73 Å². The molecule has 20 heavy (non-hydrogen) atoms. The standard InChI is InChI=1S/C14H17N5O/c15-5-10-1-4-13(17-7-10)19-11-2-3-12(19)9-18(8-11)14(20)6-16/h1,4,7,11-12H,2-3,6,8-9,16H2. The Morgan fingerprint density at radius 2 is 2.10 bits per heavy atom. The number of hydrogen-bond donors (Lipinski definition) is 1. The number of amides is 1. The van der Waals surface area contributed by atoms with E-state index in [9.17, 15) is 4.79 Å². The second kappa shape index (κ2) is 5.10. The largest absolute Gasteiger partial charge is 0.347 e. The maximum absolute atomic E-state index is 11.7. The van der Waals surface area contributed by atoms with Crippen molar-refractivity contribution in [1.82, 2.24) is 9.88 Å². The molecule has 104 valence electrons. The second-order valence-corrected chi connectivity index (χ2v) is 5.31. The van der Waals surface area contributed by atoms with E-state index in [4.69, 9.17) is 11.0 Å². The Kier molecular flexibility index (Phi) is 3.28. The first-order valence-electron chi connectivity index (χ1n) is 6.85. The fourth-order valence-corrected chi connectivity index (χ4v) is 3.21. The molecule has 2 fully saturated rings. The first-order chi connectivity index (χ1) is 9.72. The number of fused-ring (bicyclic) bond motifs is 2. The predicted octanol–water partition coefficient (Wildman–Crippen LogP) is 0.0916. The van der Waals surface area contributed by atoms with Crippen LogP contribution in [0.2, 0.25) is 0 Å². The highest BCUT2D eigenvalue weighted by Gasteiger charge is 2.41. The lowest BCUT2D eigenvalue weighted by atomic mass is 10.1. The van der Waals surface area contributed by atoms with Crippen molar-refractivity contribution in [1.29, 1.82) is 5.26 Å². The van der Waals surface area contributed by atoms with Gasteiger partial charge in [0, 0.05) is 31.4 Å². The number of anilines is 1. The Labute approximate surface area is 117 Å². The molecule has 1 amide bonds. The van der Waals surface area contributed by atoms with Crippen molar-refractivity contribution in [3.8, 4) is 6.07 Å². The summed E-state index contributed by atoms with van der Waals surface area (Å²) in [7, 11) is 0. The highest BCUT2D eigenvalue weighted by Crippen LogP contribution is 2.33. The van der Waals surface area contributed by atoms with Gasteiger partial charge in [-0.05, 0) is 25.0 Å².